The highest BCUT2D eigenvalue weighted by Gasteiger charge is 2.27. The zero-order valence-corrected chi connectivity index (χ0v) is 14.5. The Morgan fingerprint density at radius 3 is 2.22 bits per heavy atom. The van der Waals surface area contributed by atoms with Crippen LogP contribution in [0, 0.1) is 26.7 Å². The van der Waals surface area contributed by atoms with E-state index in [1.54, 1.807) is 0 Å². The minimum Gasteiger partial charge on any atom is -0.507 e. The number of ether oxygens (including phenoxy) is 1. The van der Waals surface area contributed by atoms with Crippen LogP contribution in [0.2, 0.25) is 0 Å². The summed E-state index contributed by atoms with van der Waals surface area (Å²) in [4.78, 5) is 14.0. The summed E-state index contributed by atoms with van der Waals surface area (Å²) >= 11 is 0. The number of aromatic hydroxyl groups is 2. The summed E-state index contributed by atoms with van der Waals surface area (Å²) in [6, 6.07) is 0. The number of phenolic OH excluding ortho intramolecular Hbond substituents is 2. The van der Waals surface area contributed by atoms with Gasteiger partial charge in [0.1, 0.15) is 11.5 Å². The van der Waals surface area contributed by atoms with E-state index in [1.807, 2.05) is 27.7 Å². The molecule has 5 heteroatoms. The summed E-state index contributed by atoms with van der Waals surface area (Å²) in [5.41, 5.74) is 2.97. The molecule has 0 amide bonds. The van der Waals surface area contributed by atoms with E-state index in [9.17, 15) is 15.0 Å². The van der Waals surface area contributed by atoms with Gasteiger partial charge in [-0.05, 0) is 70.3 Å². The number of benzene rings is 1. The van der Waals surface area contributed by atoms with Gasteiger partial charge in [-0.15, -0.1) is 0 Å². The zero-order chi connectivity index (χ0) is 17.1. The molecule has 0 aliphatic carbocycles. The van der Waals surface area contributed by atoms with Crippen LogP contribution in [-0.2, 0) is 16.1 Å². The minimum atomic E-state index is -0.102. The molecule has 2 N–H and O–H groups in total. The van der Waals surface area contributed by atoms with Crippen molar-refractivity contribution in [2.24, 2.45) is 5.92 Å². The molecule has 2 rings (SSSR count). The molecule has 1 aliphatic rings. The number of phenols is 2. The molecule has 1 aliphatic heterocycles. The Labute approximate surface area is 137 Å². The highest BCUT2D eigenvalue weighted by Crippen LogP contribution is 2.37. The Morgan fingerprint density at radius 2 is 1.65 bits per heavy atom. The molecule has 0 radical (unpaired) electrons. The van der Waals surface area contributed by atoms with Crippen molar-refractivity contribution in [2.45, 2.75) is 47.1 Å². The number of carbonyl (C=O) groups is 1. The topological polar surface area (TPSA) is 70.0 Å². The quantitative estimate of drug-likeness (QED) is 0.659. The fourth-order valence-electron chi connectivity index (χ4n) is 3.19. The number of hydrogen-bond acceptors (Lipinski definition) is 5. The summed E-state index contributed by atoms with van der Waals surface area (Å²) in [7, 11) is 0. The smallest absolute Gasteiger partial charge is 0.309 e. The molecule has 5 nitrogen and oxygen atoms in total. The third kappa shape index (κ3) is 3.61. The first-order chi connectivity index (χ1) is 10.9. The van der Waals surface area contributed by atoms with Gasteiger partial charge in [0.15, 0.2) is 0 Å². The van der Waals surface area contributed by atoms with Crippen molar-refractivity contribution in [1.29, 1.82) is 0 Å². The van der Waals surface area contributed by atoms with E-state index in [2.05, 4.69) is 4.90 Å². The molecule has 1 heterocycles. The average Bonchev–Trinajstić information content (AvgIpc) is 2.56. The standard InChI is InChI=1S/C18H27NO4/c1-5-23-18(22)14-6-8-19(9-7-14)10-15-13(4)16(20)11(2)12(3)17(15)21/h14,20-21H,5-10H2,1-4H3. The second-order valence-corrected chi connectivity index (χ2v) is 6.35. The van der Waals surface area contributed by atoms with Crippen LogP contribution >= 0.6 is 0 Å². The lowest BCUT2D eigenvalue weighted by molar-refractivity contribution is -0.149. The molecule has 0 spiro atoms. The number of carbonyl (C=O) groups excluding carboxylic acids is 1. The Balaban J connectivity index is 2.07. The maximum atomic E-state index is 11.8. The van der Waals surface area contributed by atoms with Crippen LogP contribution in [0.3, 0.4) is 0 Å². The van der Waals surface area contributed by atoms with E-state index in [0.717, 1.165) is 48.2 Å². The largest absolute Gasteiger partial charge is 0.507 e. The molecule has 1 saturated heterocycles. The van der Waals surface area contributed by atoms with Crippen molar-refractivity contribution in [3.05, 3.63) is 22.3 Å². The third-order valence-corrected chi connectivity index (χ3v) is 4.96. The van der Waals surface area contributed by atoms with Crippen LogP contribution in [-0.4, -0.2) is 40.8 Å². The molecule has 0 saturated carbocycles. The lowest BCUT2D eigenvalue weighted by Crippen LogP contribution is -2.36. The molecule has 0 unspecified atom stereocenters. The lowest BCUT2D eigenvalue weighted by Gasteiger charge is -2.31. The maximum Gasteiger partial charge on any atom is 0.309 e. The van der Waals surface area contributed by atoms with Crippen molar-refractivity contribution in [1.82, 2.24) is 4.90 Å². The Bertz CT molecular complexity index is 560. The predicted molar refractivity (Wildman–Crippen MR) is 88.6 cm³/mol. The van der Waals surface area contributed by atoms with Gasteiger partial charge in [0.2, 0.25) is 0 Å². The van der Waals surface area contributed by atoms with Gasteiger partial charge in [0, 0.05) is 12.1 Å². The predicted octanol–water partition coefficient (Wildman–Crippen LogP) is 2.80. The van der Waals surface area contributed by atoms with Crippen molar-refractivity contribution >= 4 is 5.97 Å². The van der Waals surface area contributed by atoms with Gasteiger partial charge in [-0.25, -0.2) is 0 Å². The second-order valence-electron chi connectivity index (χ2n) is 6.35. The van der Waals surface area contributed by atoms with E-state index in [1.165, 1.54) is 0 Å². The lowest BCUT2D eigenvalue weighted by atomic mass is 9.94. The zero-order valence-electron chi connectivity index (χ0n) is 14.5. The highest BCUT2D eigenvalue weighted by molar-refractivity contribution is 5.72. The van der Waals surface area contributed by atoms with E-state index in [-0.39, 0.29) is 23.4 Å². The van der Waals surface area contributed by atoms with Crippen molar-refractivity contribution in [3.63, 3.8) is 0 Å². The summed E-state index contributed by atoms with van der Waals surface area (Å²) in [5.74, 6) is 0.408. The van der Waals surface area contributed by atoms with Crippen molar-refractivity contribution < 1.29 is 19.7 Å². The number of nitrogens with zero attached hydrogens (tertiary/aromatic N) is 1. The van der Waals surface area contributed by atoms with Gasteiger partial charge in [-0.1, -0.05) is 0 Å². The monoisotopic (exact) mass is 321 g/mol. The number of piperidine rings is 1. The molecule has 23 heavy (non-hydrogen) atoms. The normalized spacial score (nSPS) is 16.5. The fraction of sp³-hybridized carbons (Fsp3) is 0.611. The number of rotatable bonds is 4. The second kappa shape index (κ2) is 7.21. The summed E-state index contributed by atoms with van der Waals surface area (Å²) < 4.78 is 5.09. The first-order valence-corrected chi connectivity index (χ1v) is 8.26. The first-order valence-electron chi connectivity index (χ1n) is 8.26. The molecule has 1 fully saturated rings. The van der Waals surface area contributed by atoms with Crippen LogP contribution in [0.15, 0.2) is 0 Å². The van der Waals surface area contributed by atoms with Crippen LogP contribution in [0.1, 0.15) is 42.0 Å². The van der Waals surface area contributed by atoms with Crippen molar-refractivity contribution in [3.8, 4) is 11.5 Å². The molecule has 0 bridgehead atoms. The molecule has 128 valence electrons. The number of hydrogen-bond donors (Lipinski definition) is 2. The summed E-state index contributed by atoms with van der Waals surface area (Å²) in [5, 5.41) is 20.6. The molecule has 0 aromatic heterocycles. The maximum absolute atomic E-state index is 11.8. The van der Waals surface area contributed by atoms with Crippen LogP contribution in [0.5, 0.6) is 11.5 Å². The van der Waals surface area contributed by atoms with Gasteiger partial charge in [0.05, 0.1) is 12.5 Å². The minimum absolute atomic E-state index is 0.0194. The third-order valence-electron chi connectivity index (χ3n) is 4.96. The summed E-state index contributed by atoms with van der Waals surface area (Å²) in [6.45, 7) is 9.88. The summed E-state index contributed by atoms with van der Waals surface area (Å²) in [6.07, 6.45) is 1.55. The van der Waals surface area contributed by atoms with Gasteiger partial charge < -0.3 is 14.9 Å². The van der Waals surface area contributed by atoms with E-state index in [4.69, 9.17) is 4.74 Å². The molecule has 1 aromatic rings. The van der Waals surface area contributed by atoms with Crippen molar-refractivity contribution in [2.75, 3.05) is 19.7 Å². The number of likely N-dealkylation sites (tertiary alicyclic amines) is 1. The number of esters is 1. The first kappa shape index (κ1) is 17.6. The Kier molecular flexibility index (Phi) is 5.52. The van der Waals surface area contributed by atoms with Gasteiger partial charge in [-0.3, -0.25) is 9.69 Å². The van der Waals surface area contributed by atoms with Gasteiger partial charge in [-0.2, -0.15) is 0 Å². The van der Waals surface area contributed by atoms with Crippen LogP contribution in [0.4, 0.5) is 0 Å². The molecular formula is C18H27NO4. The molecular weight excluding hydrogens is 294 g/mol. The van der Waals surface area contributed by atoms with E-state index >= 15 is 0 Å². The fourth-order valence-corrected chi connectivity index (χ4v) is 3.19. The Hall–Kier alpha value is -1.75. The van der Waals surface area contributed by atoms with E-state index < -0.39 is 0 Å². The molecule has 1 aromatic carbocycles. The van der Waals surface area contributed by atoms with Crippen LogP contribution < -0.4 is 0 Å². The van der Waals surface area contributed by atoms with Crippen LogP contribution in [0.25, 0.3) is 0 Å². The Morgan fingerprint density at radius 1 is 1.09 bits per heavy atom. The molecule has 0 atom stereocenters. The van der Waals surface area contributed by atoms with E-state index in [0.29, 0.717) is 13.2 Å². The SMILES string of the molecule is CCOC(=O)C1CCN(Cc2c(C)c(O)c(C)c(C)c2O)CC1. The van der Waals surface area contributed by atoms with Gasteiger partial charge >= 0.3 is 5.97 Å². The average molecular weight is 321 g/mol. The highest BCUT2D eigenvalue weighted by atomic mass is 16.5. The van der Waals surface area contributed by atoms with Gasteiger partial charge in [0.25, 0.3) is 0 Å².